The molecule has 0 saturated heterocycles. The lowest BCUT2D eigenvalue weighted by Crippen LogP contribution is -2.41. The molecular weight excluding hydrogens is 254 g/mol. The fourth-order valence-electron chi connectivity index (χ4n) is 1.84. The first-order valence-electron chi connectivity index (χ1n) is 6.51. The molecule has 0 saturated carbocycles. The van der Waals surface area contributed by atoms with E-state index in [1.165, 1.54) is 0 Å². The Bertz CT molecular complexity index is 526. The fraction of sp³-hybridized carbons (Fsp3) is 0.400. The van der Waals surface area contributed by atoms with Crippen molar-refractivity contribution in [1.82, 2.24) is 10.6 Å². The van der Waals surface area contributed by atoms with Gasteiger partial charge in [-0.3, -0.25) is 9.59 Å². The van der Waals surface area contributed by atoms with E-state index in [1.807, 2.05) is 32.9 Å². The highest BCUT2D eigenvalue weighted by Crippen LogP contribution is 2.08. The lowest BCUT2D eigenvalue weighted by Gasteiger charge is -2.10. The van der Waals surface area contributed by atoms with E-state index < -0.39 is 6.04 Å². The van der Waals surface area contributed by atoms with E-state index in [-0.39, 0.29) is 18.4 Å². The summed E-state index contributed by atoms with van der Waals surface area (Å²) in [5, 5.41) is 13.8. The van der Waals surface area contributed by atoms with Gasteiger partial charge in [0.15, 0.2) is 0 Å². The van der Waals surface area contributed by atoms with Gasteiger partial charge in [-0.15, -0.1) is 0 Å². The van der Waals surface area contributed by atoms with Crippen LogP contribution in [-0.2, 0) is 4.79 Å². The van der Waals surface area contributed by atoms with Crippen molar-refractivity contribution >= 4 is 11.8 Å². The first-order valence-corrected chi connectivity index (χ1v) is 6.51. The summed E-state index contributed by atoms with van der Waals surface area (Å²) in [5.41, 5.74) is 2.52. The molecule has 0 aliphatic rings. The zero-order chi connectivity index (χ0) is 15.1. The molecule has 1 aromatic rings. The molecule has 1 unspecified atom stereocenters. The van der Waals surface area contributed by atoms with Crippen molar-refractivity contribution in [2.45, 2.75) is 33.2 Å². The maximum atomic E-state index is 11.9. The minimum absolute atomic E-state index is 0.135. The lowest BCUT2D eigenvalue weighted by atomic mass is 10.1. The normalized spacial score (nSPS) is 11.3. The SMILES string of the molecule is CCC(C#N)NC(=O)CNC(=O)c1cc(C)cc(C)c1. The van der Waals surface area contributed by atoms with Gasteiger partial charge in [0, 0.05) is 5.56 Å². The molecule has 0 spiro atoms. The van der Waals surface area contributed by atoms with Gasteiger partial charge in [0.1, 0.15) is 6.04 Å². The Hall–Kier alpha value is -2.35. The maximum absolute atomic E-state index is 11.9. The third kappa shape index (κ3) is 4.73. The van der Waals surface area contributed by atoms with Gasteiger partial charge in [-0.05, 0) is 32.4 Å². The number of carbonyl (C=O) groups is 2. The number of hydrogen-bond acceptors (Lipinski definition) is 3. The van der Waals surface area contributed by atoms with Crippen molar-refractivity contribution < 1.29 is 9.59 Å². The molecule has 0 aliphatic heterocycles. The van der Waals surface area contributed by atoms with Crippen molar-refractivity contribution in [3.8, 4) is 6.07 Å². The van der Waals surface area contributed by atoms with E-state index in [0.29, 0.717) is 12.0 Å². The third-order valence-corrected chi connectivity index (χ3v) is 2.79. The van der Waals surface area contributed by atoms with Crippen LogP contribution in [0.2, 0.25) is 0 Å². The second-order valence-corrected chi connectivity index (χ2v) is 4.72. The Morgan fingerprint density at radius 3 is 2.35 bits per heavy atom. The van der Waals surface area contributed by atoms with Gasteiger partial charge in [0.05, 0.1) is 12.6 Å². The average Bonchev–Trinajstić information content (AvgIpc) is 2.41. The van der Waals surface area contributed by atoms with Gasteiger partial charge in [-0.1, -0.05) is 24.1 Å². The highest BCUT2D eigenvalue weighted by Gasteiger charge is 2.11. The van der Waals surface area contributed by atoms with Crippen LogP contribution in [0.3, 0.4) is 0 Å². The molecule has 20 heavy (non-hydrogen) atoms. The van der Waals surface area contributed by atoms with Crippen LogP contribution >= 0.6 is 0 Å². The van der Waals surface area contributed by atoms with Crippen LogP contribution in [0.5, 0.6) is 0 Å². The first-order chi connectivity index (χ1) is 9.46. The summed E-state index contributed by atoms with van der Waals surface area (Å²) in [5.74, 6) is -0.659. The Balaban J connectivity index is 2.55. The topological polar surface area (TPSA) is 82.0 Å². The van der Waals surface area contributed by atoms with Gasteiger partial charge >= 0.3 is 0 Å². The highest BCUT2D eigenvalue weighted by atomic mass is 16.2. The van der Waals surface area contributed by atoms with E-state index in [4.69, 9.17) is 5.26 Å². The average molecular weight is 273 g/mol. The van der Waals surface area contributed by atoms with Crippen molar-refractivity contribution in [3.05, 3.63) is 34.9 Å². The molecule has 0 heterocycles. The quantitative estimate of drug-likeness (QED) is 0.852. The highest BCUT2D eigenvalue weighted by molar-refractivity contribution is 5.96. The number of hydrogen-bond donors (Lipinski definition) is 2. The summed E-state index contributed by atoms with van der Waals surface area (Å²) in [6.45, 7) is 5.50. The van der Waals surface area contributed by atoms with Crippen molar-refractivity contribution in [3.63, 3.8) is 0 Å². The second-order valence-electron chi connectivity index (χ2n) is 4.72. The minimum Gasteiger partial charge on any atom is -0.343 e. The monoisotopic (exact) mass is 273 g/mol. The van der Waals surface area contributed by atoms with Gasteiger partial charge < -0.3 is 10.6 Å². The van der Waals surface area contributed by atoms with Gasteiger partial charge in [-0.2, -0.15) is 5.26 Å². The number of nitrogens with one attached hydrogen (secondary N) is 2. The zero-order valence-corrected chi connectivity index (χ0v) is 12.0. The summed E-state index contributed by atoms with van der Waals surface area (Å²) in [4.78, 5) is 23.5. The van der Waals surface area contributed by atoms with Gasteiger partial charge in [0.25, 0.3) is 5.91 Å². The van der Waals surface area contributed by atoms with Crippen molar-refractivity contribution in [1.29, 1.82) is 5.26 Å². The number of benzene rings is 1. The molecule has 1 atom stereocenters. The van der Waals surface area contributed by atoms with Gasteiger partial charge in [-0.25, -0.2) is 0 Å². The summed E-state index contributed by atoms with van der Waals surface area (Å²) < 4.78 is 0. The standard InChI is InChI=1S/C15H19N3O2/c1-4-13(8-16)18-14(19)9-17-15(20)12-6-10(2)5-11(3)7-12/h5-7,13H,4,9H2,1-3H3,(H,17,20)(H,18,19). The van der Waals surface area contributed by atoms with Crippen LogP contribution in [0, 0.1) is 25.2 Å². The minimum atomic E-state index is -0.513. The predicted octanol–water partition coefficient (Wildman–Crippen LogP) is 1.45. The smallest absolute Gasteiger partial charge is 0.251 e. The predicted molar refractivity (Wildman–Crippen MR) is 76.1 cm³/mol. The van der Waals surface area contributed by atoms with Crippen LogP contribution in [-0.4, -0.2) is 24.4 Å². The summed E-state index contributed by atoms with van der Waals surface area (Å²) in [7, 11) is 0. The van der Waals surface area contributed by atoms with E-state index in [9.17, 15) is 9.59 Å². The van der Waals surface area contributed by atoms with E-state index >= 15 is 0 Å². The van der Waals surface area contributed by atoms with E-state index in [1.54, 1.807) is 12.1 Å². The molecule has 5 nitrogen and oxygen atoms in total. The molecule has 2 amide bonds. The van der Waals surface area contributed by atoms with Crippen LogP contribution in [0.25, 0.3) is 0 Å². The van der Waals surface area contributed by atoms with Crippen LogP contribution in [0.4, 0.5) is 0 Å². The Morgan fingerprint density at radius 2 is 1.85 bits per heavy atom. The zero-order valence-electron chi connectivity index (χ0n) is 12.0. The Labute approximate surface area is 119 Å². The summed E-state index contributed by atoms with van der Waals surface area (Å²) in [6.07, 6.45) is 0.535. The largest absolute Gasteiger partial charge is 0.343 e. The van der Waals surface area contributed by atoms with Crippen molar-refractivity contribution in [2.75, 3.05) is 6.54 Å². The number of nitriles is 1. The molecule has 5 heteroatoms. The van der Waals surface area contributed by atoms with Crippen LogP contribution < -0.4 is 10.6 Å². The van der Waals surface area contributed by atoms with E-state index in [0.717, 1.165) is 11.1 Å². The Kier molecular flexibility index (Phi) is 5.73. The lowest BCUT2D eigenvalue weighted by molar-refractivity contribution is -0.120. The molecule has 106 valence electrons. The molecule has 2 N–H and O–H groups in total. The molecule has 0 aliphatic carbocycles. The molecule has 1 rings (SSSR count). The number of rotatable bonds is 5. The molecular formula is C15H19N3O2. The number of nitrogens with zero attached hydrogens (tertiary/aromatic N) is 1. The number of amides is 2. The first kappa shape index (κ1) is 15.7. The summed E-state index contributed by atoms with van der Waals surface area (Å²) >= 11 is 0. The molecule has 0 fully saturated rings. The molecule has 0 bridgehead atoms. The molecule has 0 radical (unpaired) electrons. The number of carbonyl (C=O) groups excluding carboxylic acids is 2. The Morgan fingerprint density at radius 1 is 1.25 bits per heavy atom. The third-order valence-electron chi connectivity index (χ3n) is 2.79. The summed E-state index contributed by atoms with van der Waals surface area (Å²) in [6, 6.07) is 6.97. The van der Waals surface area contributed by atoms with Gasteiger partial charge in [0.2, 0.25) is 5.91 Å². The van der Waals surface area contributed by atoms with Crippen molar-refractivity contribution in [2.24, 2.45) is 0 Å². The van der Waals surface area contributed by atoms with E-state index in [2.05, 4.69) is 10.6 Å². The maximum Gasteiger partial charge on any atom is 0.251 e. The molecule has 0 aromatic heterocycles. The fourth-order valence-corrected chi connectivity index (χ4v) is 1.84. The molecule has 1 aromatic carbocycles. The second kappa shape index (κ2) is 7.29. The number of aryl methyl sites for hydroxylation is 2. The van der Waals surface area contributed by atoms with Crippen LogP contribution in [0.15, 0.2) is 18.2 Å². The van der Waals surface area contributed by atoms with Crippen LogP contribution in [0.1, 0.15) is 34.8 Å².